The Hall–Kier alpha value is -2.38. The van der Waals surface area contributed by atoms with Gasteiger partial charge in [-0.05, 0) is 35.5 Å². The highest BCUT2D eigenvalue weighted by Crippen LogP contribution is 2.34. The van der Waals surface area contributed by atoms with Crippen LogP contribution in [-0.4, -0.2) is 34.6 Å². The van der Waals surface area contributed by atoms with Gasteiger partial charge in [-0.2, -0.15) is 4.99 Å². The van der Waals surface area contributed by atoms with Crippen LogP contribution in [0, 0.1) is 0 Å². The zero-order chi connectivity index (χ0) is 16.9. The Kier molecular flexibility index (Phi) is 5.12. The maximum absolute atomic E-state index is 12.6. The molecule has 0 bridgehead atoms. The van der Waals surface area contributed by atoms with Crippen molar-refractivity contribution >= 4 is 45.4 Å². The highest BCUT2D eigenvalue weighted by atomic mass is 32.2. The van der Waals surface area contributed by atoms with E-state index in [0.717, 1.165) is 11.3 Å². The van der Waals surface area contributed by atoms with Crippen molar-refractivity contribution in [2.45, 2.75) is 0 Å². The summed E-state index contributed by atoms with van der Waals surface area (Å²) in [5.41, 5.74) is 0.931. The molecule has 0 spiro atoms. The SMILES string of the molecule is C=CCN1C(=O)/C(=C/c2ccc(OC)cc2)S/C1=N\c1nccs1. The molecule has 0 saturated carbocycles. The smallest absolute Gasteiger partial charge is 0.267 e. The average Bonchev–Trinajstić information content (AvgIpc) is 3.20. The van der Waals surface area contributed by atoms with Gasteiger partial charge in [-0.15, -0.1) is 17.9 Å². The lowest BCUT2D eigenvalue weighted by Crippen LogP contribution is -2.29. The predicted molar refractivity (Wildman–Crippen MR) is 99.7 cm³/mol. The molecule has 0 atom stereocenters. The summed E-state index contributed by atoms with van der Waals surface area (Å²) in [5.74, 6) is 0.702. The van der Waals surface area contributed by atoms with Gasteiger partial charge in [0, 0.05) is 18.1 Å². The van der Waals surface area contributed by atoms with Gasteiger partial charge >= 0.3 is 0 Å². The fourth-order valence-electron chi connectivity index (χ4n) is 2.09. The molecule has 0 aliphatic carbocycles. The number of nitrogens with zero attached hydrogens (tertiary/aromatic N) is 3. The van der Waals surface area contributed by atoms with Crippen LogP contribution in [0.3, 0.4) is 0 Å². The monoisotopic (exact) mass is 357 g/mol. The van der Waals surface area contributed by atoms with Gasteiger partial charge in [-0.1, -0.05) is 18.2 Å². The van der Waals surface area contributed by atoms with Crippen LogP contribution in [0.5, 0.6) is 5.75 Å². The molecule has 5 nitrogen and oxygen atoms in total. The first-order chi connectivity index (χ1) is 11.7. The van der Waals surface area contributed by atoms with Crippen LogP contribution >= 0.6 is 23.1 Å². The Morgan fingerprint density at radius 1 is 1.38 bits per heavy atom. The van der Waals surface area contributed by atoms with E-state index in [-0.39, 0.29) is 5.91 Å². The van der Waals surface area contributed by atoms with E-state index in [1.807, 2.05) is 35.7 Å². The van der Waals surface area contributed by atoms with E-state index < -0.39 is 0 Å². The lowest BCUT2D eigenvalue weighted by molar-refractivity contribution is -0.121. The third kappa shape index (κ3) is 3.58. The summed E-state index contributed by atoms with van der Waals surface area (Å²) in [7, 11) is 1.62. The fourth-order valence-corrected chi connectivity index (χ4v) is 3.64. The van der Waals surface area contributed by atoms with E-state index >= 15 is 0 Å². The number of thioether (sulfide) groups is 1. The molecule has 2 aromatic rings. The minimum atomic E-state index is -0.0778. The molecule has 0 radical (unpaired) electrons. The molecule has 1 aliphatic heterocycles. The number of ether oxygens (including phenoxy) is 1. The summed E-state index contributed by atoms with van der Waals surface area (Å²) in [6, 6.07) is 7.55. The second-order valence-electron chi connectivity index (χ2n) is 4.80. The molecule has 7 heteroatoms. The quantitative estimate of drug-likeness (QED) is 0.601. The first-order valence-corrected chi connectivity index (χ1v) is 8.85. The number of carbonyl (C=O) groups is 1. The molecule has 3 rings (SSSR count). The lowest BCUT2D eigenvalue weighted by atomic mass is 10.2. The van der Waals surface area contributed by atoms with Gasteiger partial charge in [0.05, 0.1) is 12.0 Å². The van der Waals surface area contributed by atoms with Gasteiger partial charge in [0.15, 0.2) is 5.17 Å². The number of hydrogen-bond acceptors (Lipinski definition) is 6. The number of hydrogen-bond donors (Lipinski definition) is 0. The highest BCUT2D eigenvalue weighted by Gasteiger charge is 2.32. The minimum absolute atomic E-state index is 0.0778. The number of benzene rings is 1. The van der Waals surface area contributed by atoms with E-state index in [4.69, 9.17) is 4.74 Å². The van der Waals surface area contributed by atoms with Crippen molar-refractivity contribution in [2.24, 2.45) is 4.99 Å². The van der Waals surface area contributed by atoms with Crippen LogP contribution in [-0.2, 0) is 4.79 Å². The zero-order valence-electron chi connectivity index (χ0n) is 13.0. The summed E-state index contributed by atoms with van der Waals surface area (Å²) in [6.07, 6.45) is 5.23. The zero-order valence-corrected chi connectivity index (χ0v) is 14.6. The Morgan fingerprint density at radius 2 is 2.17 bits per heavy atom. The Balaban J connectivity index is 1.90. The van der Waals surface area contributed by atoms with E-state index in [1.54, 1.807) is 24.3 Å². The number of rotatable bonds is 5. The first-order valence-electron chi connectivity index (χ1n) is 7.16. The average molecular weight is 357 g/mol. The van der Waals surface area contributed by atoms with E-state index in [0.29, 0.717) is 21.7 Å². The summed E-state index contributed by atoms with van der Waals surface area (Å²) in [6.45, 7) is 4.13. The summed E-state index contributed by atoms with van der Waals surface area (Å²) >= 11 is 2.78. The number of aromatic nitrogens is 1. The van der Waals surface area contributed by atoms with Crippen LogP contribution < -0.4 is 4.74 Å². The van der Waals surface area contributed by atoms with Crippen LogP contribution in [0.25, 0.3) is 6.08 Å². The maximum atomic E-state index is 12.6. The van der Waals surface area contributed by atoms with Crippen molar-refractivity contribution in [3.63, 3.8) is 0 Å². The van der Waals surface area contributed by atoms with Gasteiger partial charge in [0.25, 0.3) is 5.91 Å². The Labute approximate surface area is 148 Å². The van der Waals surface area contributed by atoms with Gasteiger partial charge in [-0.3, -0.25) is 9.69 Å². The molecule has 24 heavy (non-hydrogen) atoms. The second kappa shape index (κ2) is 7.46. The van der Waals surface area contributed by atoms with Crippen LogP contribution in [0.2, 0.25) is 0 Å². The summed E-state index contributed by atoms with van der Waals surface area (Å²) < 4.78 is 5.15. The third-order valence-corrected chi connectivity index (χ3v) is 4.90. The number of amidine groups is 1. The standard InChI is InChI=1S/C17H15N3O2S2/c1-3-9-20-15(21)14(11-12-4-6-13(22-2)7-5-12)24-17(20)19-16-18-8-10-23-16/h3-8,10-11H,1,9H2,2H3/b14-11-,19-17-. The summed E-state index contributed by atoms with van der Waals surface area (Å²) in [5, 5.41) is 3.10. The molecule has 2 heterocycles. The second-order valence-corrected chi connectivity index (χ2v) is 6.68. The molecule has 1 aromatic carbocycles. The van der Waals surface area contributed by atoms with E-state index in [9.17, 15) is 4.79 Å². The van der Waals surface area contributed by atoms with Crippen LogP contribution in [0.15, 0.2) is 58.4 Å². The lowest BCUT2D eigenvalue weighted by Gasteiger charge is -2.11. The number of carbonyl (C=O) groups excluding carboxylic acids is 1. The molecule has 1 saturated heterocycles. The number of thiazole rings is 1. The predicted octanol–water partition coefficient (Wildman–Crippen LogP) is 3.94. The van der Waals surface area contributed by atoms with Gasteiger partial charge in [0.1, 0.15) is 5.75 Å². The van der Waals surface area contributed by atoms with Crippen LogP contribution in [0.4, 0.5) is 5.13 Å². The van der Waals surface area contributed by atoms with Gasteiger partial charge in [0.2, 0.25) is 5.13 Å². The Morgan fingerprint density at radius 3 is 2.79 bits per heavy atom. The number of methoxy groups -OCH3 is 1. The Bertz CT molecular complexity index is 796. The molecular formula is C17H15N3O2S2. The van der Waals surface area contributed by atoms with Gasteiger partial charge < -0.3 is 4.74 Å². The largest absolute Gasteiger partial charge is 0.497 e. The molecule has 0 N–H and O–H groups in total. The van der Waals surface area contributed by atoms with E-state index in [2.05, 4.69) is 16.6 Å². The molecular weight excluding hydrogens is 342 g/mol. The van der Waals surface area contributed by atoms with Crippen molar-refractivity contribution in [2.75, 3.05) is 13.7 Å². The molecule has 1 aliphatic rings. The topological polar surface area (TPSA) is 54.8 Å². The molecule has 1 aromatic heterocycles. The molecule has 1 fully saturated rings. The number of amides is 1. The molecule has 1 amide bonds. The molecule has 122 valence electrons. The molecule has 0 unspecified atom stereocenters. The first kappa shape index (κ1) is 16.5. The number of aliphatic imine (C=N–C) groups is 1. The van der Waals surface area contributed by atoms with Crippen molar-refractivity contribution in [3.8, 4) is 5.75 Å². The minimum Gasteiger partial charge on any atom is -0.497 e. The van der Waals surface area contributed by atoms with Crippen molar-refractivity contribution < 1.29 is 9.53 Å². The summed E-state index contributed by atoms with van der Waals surface area (Å²) in [4.78, 5) is 23.5. The normalized spacial score (nSPS) is 17.7. The fraction of sp³-hybridized carbons (Fsp3) is 0.118. The van der Waals surface area contributed by atoms with Crippen molar-refractivity contribution in [3.05, 3.63) is 59.0 Å². The van der Waals surface area contributed by atoms with Crippen molar-refractivity contribution in [1.82, 2.24) is 9.88 Å². The third-order valence-electron chi connectivity index (χ3n) is 3.22. The van der Waals surface area contributed by atoms with Gasteiger partial charge in [-0.25, -0.2) is 4.98 Å². The highest BCUT2D eigenvalue weighted by molar-refractivity contribution is 8.18. The van der Waals surface area contributed by atoms with Crippen molar-refractivity contribution in [1.29, 1.82) is 0 Å². The maximum Gasteiger partial charge on any atom is 0.267 e. The van der Waals surface area contributed by atoms with Crippen LogP contribution in [0.1, 0.15) is 5.56 Å². The van der Waals surface area contributed by atoms with E-state index in [1.165, 1.54) is 23.1 Å².